The molecule has 1 saturated heterocycles. The summed E-state index contributed by atoms with van der Waals surface area (Å²) in [6, 6.07) is 19.6. The van der Waals surface area contributed by atoms with Gasteiger partial charge in [-0.25, -0.2) is 4.79 Å². The van der Waals surface area contributed by atoms with E-state index in [9.17, 15) is 24.0 Å². The first-order chi connectivity index (χ1) is 24.1. The van der Waals surface area contributed by atoms with Crippen LogP contribution in [0.4, 0.5) is 11.4 Å². The number of carbonyl (C=O) groups excluding carboxylic acids is 4. The number of benzene rings is 3. The van der Waals surface area contributed by atoms with Gasteiger partial charge in [-0.2, -0.15) is 0 Å². The third-order valence-electron chi connectivity index (χ3n) is 10.4. The Bertz CT molecular complexity index is 2100. The van der Waals surface area contributed by atoms with E-state index in [0.717, 1.165) is 43.3 Å². The van der Waals surface area contributed by atoms with Gasteiger partial charge in [-0.3, -0.25) is 24.1 Å². The lowest BCUT2D eigenvalue weighted by molar-refractivity contribution is -0.123. The number of thioether (sulfide) groups is 1. The van der Waals surface area contributed by atoms with Gasteiger partial charge < -0.3 is 19.8 Å². The molecule has 256 valence electrons. The molecule has 1 aromatic heterocycles. The van der Waals surface area contributed by atoms with Crippen molar-refractivity contribution >= 4 is 74.1 Å². The van der Waals surface area contributed by atoms with E-state index in [1.807, 2.05) is 49.4 Å². The predicted molar refractivity (Wildman–Crippen MR) is 193 cm³/mol. The SMILES string of the molecule is CCOC(=O)c1ccc(N2C(=O)[C@H]3[C@H]4C[C@@H]([C@@H]3C2=O)[C@@H]2[C@H](c3cc(Br)ccc3OCC(=O)Nc3ccc(C)cc3)c3sc(=O)[nH]c3S[C@H]42)cc1. The number of H-pyrrole nitrogens is 1. The Labute approximate surface area is 304 Å². The molecule has 0 spiro atoms. The second-order valence-corrected chi connectivity index (χ2v) is 16.2. The highest BCUT2D eigenvalue weighted by Crippen LogP contribution is 2.69. The lowest BCUT2D eigenvalue weighted by Crippen LogP contribution is -2.42. The van der Waals surface area contributed by atoms with Gasteiger partial charge in [0.25, 0.3) is 5.91 Å². The quantitative estimate of drug-likeness (QED) is 0.156. The monoisotopic (exact) mass is 773 g/mol. The maximum Gasteiger partial charge on any atom is 0.338 e. The molecule has 2 aliphatic carbocycles. The summed E-state index contributed by atoms with van der Waals surface area (Å²) >= 11 is 6.39. The Kier molecular flexibility index (Phi) is 8.47. The third kappa shape index (κ3) is 5.50. The molecule has 0 unspecified atom stereocenters. The first-order valence-corrected chi connectivity index (χ1v) is 18.9. The van der Waals surface area contributed by atoms with E-state index in [0.29, 0.717) is 22.7 Å². The molecule has 2 N–H and O–H groups in total. The van der Waals surface area contributed by atoms with Crippen LogP contribution in [0.1, 0.15) is 45.6 Å². The average Bonchev–Trinajstić information content (AvgIpc) is 3.84. The van der Waals surface area contributed by atoms with Gasteiger partial charge in [-0.1, -0.05) is 45.0 Å². The second kappa shape index (κ2) is 12.8. The molecule has 3 aromatic carbocycles. The smallest absolute Gasteiger partial charge is 0.338 e. The summed E-state index contributed by atoms with van der Waals surface area (Å²) in [6.45, 7) is 3.73. The number of aryl methyl sites for hydroxylation is 1. The molecule has 2 bridgehead atoms. The number of carbonyl (C=O) groups is 4. The highest BCUT2D eigenvalue weighted by atomic mass is 79.9. The fourth-order valence-electron chi connectivity index (χ4n) is 8.45. The van der Waals surface area contributed by atoms with Crippen LogP contribution in [0.15, 0.2) is 81.0 Å². The maximum absolute atomic E-state index is 14.2. The van der Waals surface area contributed by atoms with Crippen molar-refractivity contribution in [2.24, 2.45) is 29.6 Å². The summed E-state index contributed by atoms with van der Waals surface area (Å²) in [5.41, 5.74) is 3.36. The summed E-state index contributed by atoms with van der Waals surface area (Å²) in [5, 5.41) is 3.63. The third-order valence-corrected chi connectivity index (χ3v) is 13.4. The van der Waals surface area contributed by atoms with Crippen molar-refractivity contribution in [2.45, 2.75) is 36.5 Å². The molecule has 8 rings (SSSR count). The van der Waals surface area contributed by atoms with Crippen LogP contribution < -0.4 is 19.8 Å². The highest BCUT2D eigenvalue weighted by Gasteiger charge is 2.70. The molecule has 13 heteroatoms. The van der Waals surface area contributed by atoms with Crippen LogP contribution in [0, 0.1) is 36.5 Å². The molecule has 10 nitrogen and oxygen atoms in total. The van der Waals surface area contributed by atoms with E-state index >= 15 is 0 Å². The normalized spacial score (nSPS) is 26.0. The summed E-state index contributed by atoms with van der Waals surface area (Å²) in [6.07, 6.45) is 0.726. The van der Waals surface area contributed by atoms with Crippen LogP contribution >= 0.6 is 39.0 Å². The standard InChI is InChI=1S/C37H32BrN3O7S2/c1-3-47-36(45)18-6-11-21(12-7-18)41-34(43)29-23-15-24(30(29)35(41)44)31-28(23)27(32-33(49-31)40-37(46)50-32)22-14-19(38)8-13-25(22)48-16-26(42)39-20-9-4-17(2)5-10-20/h4-14,23-24,27-31H,3,15-16H2,1-2H3,(H,39,42)(H,40,46)/t23-,24-,27+,28-,29+,30+,31-/m1/s1. The van der Waals surface area contributed by atoms with Crippen molar-refractivity contribution in [3.63, 3.8) is 0 Å². The lowest BCUT2D eigenvalue weighted by Gasteiger charge is -2.43. The van der Waals surface area contributed by atoms with Crippen molar-refractivity contribution in [2.75, 3.05) is 23.4 Å². The zero-order chi connectivity index (χ0) is 34.8. The number of rotatable bonds is 8. The van der Waals surface area contributed by atoms with E-state index < -0.39 is 17.8 Å². The van der Waals surface area contributed by atoms with Crippen LogP contribution in [0.2, 0.25) is 0 Å². The van der Waals surface area contributed by atoms with Gasteiger partial charge in [-0.15, -0.1) is 11.8 Å². The van der Waals surface area contributed by atoms with Crippen LogP contribution in [0.5, 0.6) is 5.75 Å². The highest BCUT2D eigenvalue weighted by molar-refractivity contribution is 9.10. The molecule has 3 heterocycles. The molecule has 2 saturated carbocycles. The van der Waals surface area contributed by atoms with Crippen molar-refractivity contribution in [3.05, 3.63) is 102 Å². The molecule has 2 aliphatic heterocycles. The fourth-order valence-corrected chi connectivity index (χ4v) is 11.7. The number of imide groups is 1. The van der Waals surface area contributed by atoms with Gasteiger partial charge in [0.2, 0.25) is 11.8 Å². The number of anilines is 2. The lowest BCUT2D eigenvalue weighted by atomic mass is 9.68. The Balaban J connectivity index is 1.11. The van der Waals surface area contributed by atoms with E-state index in [1.54, 1.807) is 43.0 Å². The summed E-state index contributed by atoms with van der Waals surface area (Å²) in [5.74, 6) is -2.23. The topological polar surface area (TPSA) is 135 Å². The predicted octanol–water partition coefficient (Wildman–Crippen LogP) is 6.38. The van der Waals surface area contributed by atoms with E-state index in [4.69, 9.17) is 9.47 Å². The number of aromatic amines is 1. The number of fused-ring (bicyclic) bond motifs is 9. The van der Waals surface area contributed by atoms with Crippen LogP contribution in [-0.4, -0.2) is 47.1 Å². The number of ether oxygens (including phenoxy) is 2. The van der Waals surface area contributed by atoms with Crippen molar-refractivity contribution < 1.29 is 28.7 Å². The minimum atomic E-state index is -0.504. The van der Waals surface area contributed by atoms with E-state index in [-0.39, 0.29) is 64.7 Å². The number of esters is 1. The minimum absolute atomic E-state index is 0.0245. The zero-order valence-electron chi connectivity index (χ0n) is 27.0. The van der Waals surface area contributed by atoms with Crippen LogP contribution in [0.25, 0.3) is 0 Å². The van der Waals surface area contributed by atoms with Gasteiger partial charge in [0.1, 0.15) is 5.75 Å². The van der Waals surface area contributed by atoms with Crippen molar-refractivity contribution in [1.29, 1.82) is 0 Å². The Morgan fingerprint density at radius 2 is 1.70 bits per heavy atom. The molecular weight excluding hydrogens is 742 g/mol. The fraction of sp³-hybridized carbons (Fsp3) is 0.324. The van der Waals surface area contributed by atoms with Crippen LogP contribution in [0.3, 0.4) is 0 Å². The van der Waals surface area contributed by atoms with E-state index in [1.165, 1.54) is 4.90 Å². The first kappa shape index (κ1) is 33.0. The van der Waals surface area contributed by atoms with Gasteiger partial charge in [0.05, 0.1) is 34.7 Å². The summed E-state index contributed by atoms with van der Waals surface area (Å²) in [4.78, 5) is 71.3. The summed E-state index contributed by atoms with van der Waals surface area (Å²) in [7, 11) is 0. The number of amides is 3. The molecule has 0 radical (unpaired) electrons. The molecule has 50 heavy (non-hydrogen) atoms. The minimum Gasteiger partial charge on any atom is -0.483 e. The number of halogens is 1. The molecule has 3 fully saturated rings. The molecular formula is C37H32BrN3O7S2. The maximum atomic E-state index is 14.2. The first-order valence-electron chi connectivity index (χ1n) is 16.5. The molecule has 4 aliphatic rings. The Morgan fingerprint density at radius 3 is 2.42 bits per heavy atom. The van der Waals surface area contributed by atoms with Crippen molar-refractivity contribution in [1.82, 2.24) is 4.98 Å². The number of hydrogen-bond acceptors (Lipinski definition) is 9. The number of nitrogens with one attached hydrogen (secondary N) is 2. The molecule has 3 amide bonds. The Hall–Kier alpha value is -4.20. The summed E-state index contributed by atoms with van der Waals surface area (Å²) < 4.78 is 12.1. The zero-order valence-corrected chi connectivity index (χ0v) is 30.2. The van der Waals surface area contributed by atoms with Gasteiger partial charge >= 0.3 is 10.8 Å². The number of nitrogens with zero attached hydrogens (tertiary/aromatic N) is 1. The van der Waals surface area contributed by atoms with E-state index in [2.05, 4.69) is 26.2 Å². The molecule has 7 atom stereocenters. The average molecular weight is 775 g/mol. The number of aromatic nitrogens is 1. The second-order valence-electron chi connectivity index (χ2n) is 13.1. The number of thiazole rings is 1. The number of hydrogen-bond donors (Lipinski definition) is 2. The van der Waals surface area contributed by atoms with Crippen LogP contribution in [-0.2, 0) is 19.1 Å². The van der Waals surface area contributed by atoms with Gasteiger partial charge in [0.15, 0.2) is 6.61 Å². The largest absolute Gasteiger partial charge is 0.483 e. The molecule has 4 aromatic rings. The van der Waals surface area contributed by atoms with Gasteiger partial charge in [0, 0.05) is 31.8 Å². The van der Waals surface area contributed by atoms with Gasteiger partial charge in [-0.05, 0) is 92.6 Å². The van der Waals surface area contributed by atoms with Crippen molar-refractivity contribution in [3.8, 4) is 5.75 Å². The Morgan fingerprint density at radius 1 is 0.980 bits per heavy atom.